The molecule has 1 saturated carbocycles. The molecule has 1 spiro atoms. The van der Waals surface area contributed by atoms with Crippen LogP contribution in [-0.4, -0.2) is 44.0 Å². The Morgan fingerprint density at radius 1 is 1.12 bits per heavy atom. The van der Waals surface area contributed by atoms with Gasteiger partial charge in [0.25, 0.3) is 0 Å². The summed E-state index contributed by atoms with van der Waals surface area (Å²) < 4.78 is 10.9. The number of benzene rings is 2. The predicted molar refractivity (Wildman–Crippen MR) is 122 cm³/mol. The van der Waals surface area contributed by atoms with E-state index in [0.29, 0.717) is 0 Å². The minimum absolute atomic E-state index is 0.00343. The van der Waals surface area contributed by atoms with Crippen molar-refractivity contribution in [2.75, 3.05) is 25.3 Å². The molecular weight excluding hydrogens is 406 g/mol. The lowest BCUT2D eigenvalue weighted by atomic mass is 9.55. The maximum absolute atomic E-state index is 14.0. The quantitative estimate of drug-likeness (QED) is 0.533. The van der Waals surface area contributed by atoms with Gasteiger partial charge in [-0.15, -0.1) is 0 Å². The Labute approximate surface area is 188 Å². The van der Waals surface area contributed by atoms with Gasteiger partial charge < -0.3 is 14.4 Å². The number of hydrogen-bond acceptors (Lipinski definition) is 6. The Bertz CT molecular complexity index is 1090. The van der Waals surface area contributed by atoms with Crippen molar-refractivity contribution in [3.63, 3.8) is 0 Å². The average Bonchev–Trinajstić information content (AvgIpc) is 2.75. The summed E-state index contributed by atoms with van der Waals surface area (Å²) in [5.41, 5.74) is -0.168. The number of hydrogen-bond donors (Lipinski definition) is 0. The molecule has 0 saturated heterocycles. The number of carbonyl (C=O) groups excluding carboxylic acids is 3. The molecule has 0 aromatic heterocycles. The van der Waals surface area contributed by atoms with Crippen LogP contribution in [0.2, 0.25) is 0 Å². The van der Waals surface area contributed by atoms with E-state index in [-0.39, 0.29) is 43.8 Å². The van der Waals surface area contributed by atoms with E-state index in [1.807, 2.05) is 49.1 Å². The van der Waals surface area contributed by atoms with Crippen molar-refractivity contribution < 1.29 is 23.9 Å². The zero-order chi connectivity index (χ0) is 23.3. The molecule has 1 aliphatic heterocycles. The van der Waals surface area contributed by atoms with Crippen LogP contribution in [0.4, 0.5) is 5.69 Å². The first-order chi connectivity index (χ1) is 15.1. The summed E-state index contributed by atoms with van der Waals surface area (Å²) in [5.74, 6) is -1.99. The largest absolute Gasteiger partial charge is 0.468 e. The molecule has 1 aliphatic carbocycles. The van der Waals surface area contributed by atoms with E-state index < -0.39 is 22.7 Å². The van der Waals surface area contributed by atoms with Gasteiger partial charge in [-0.1, -0.05) is 44.2 Å². The molecule has 2 aromatic carbocycles. The zero-order valence-electron chi connectivity index (χ0n) is 19.4. The van der Waals surface area contributed by atoms with Crippen molar-refractivity contribution in [2.45, 2.75) is 46.6 Å². The maximum atomic E-state index is 14.0. The fraction of sp³-hybridized carbons (Fsp3) is 0.500. The molecule has 6 nitrogen and oxygen atoms in total. The van der Waals surface area contributed by atoms with Crippen LogP contribution < -0.4 is 4.90 Å². The van der Waals surface area contributed by atoms with Crippen LogP contribution in [0, 0.1) is 16.7 Å². The van der Waals surface area contributed by atoms with Crippen molar-refractivity contribution in [2.24, 2.45) is 16.7 Å². The van der Waals surface area contributed by atoms with Crippen LogP contribution in [0.15, 0.2) is 36.4 Å². The van der Waals surface area contributed by atoms with Gasteiger partial charge in [0.2, 0.25) is 0 Å². The molecule has 0 radical (unpaired) electrons. The topological polar surface area (TPSA) is 72.9 Å². The van der Waals surface area contributed by atoms with Gasteiger partial charge in [0.1, 0.15) is 23.8 Å². The molecule has 0 unspecified atom stereocenters. The van der Waals surface area contributed by atoms with Gasteiger partial charge in [0.05, 0.1) is 13.2 Å². The minimum atomic E-state index is -1.30. The average molecular weight is 438 g/mol. The SMILES string of the molecule is COC(=O)[C@H]1C(=O)[C@@]2(Cc3c(ccc4ccccc34)N(COC(C)C)C2)C(=O)CC1(C)C. The summed E-state index contributed by atoms with van der Waals surface area (Å²) in [4.78, 5) is 42.3. The van der Waals surface area contributed by atoms with E-state index in [0.717, 1.165) is 22.0 Å². The molecule has 1 fully saturated rings. The Hall–Kier alpha value is -2.73. The second-order valence-corrected chi connectivity index (χ2v) is 9.99. The third-order valence-corrected chi connectivity index (χ3v) is 6.96. The maximum Gasteiger partial charge on any atom is 0.316 e. The number of methoxy groups -OCH3 is 1. The number of esters is 1. The van der Waals surface area contributed by atoms with Crippen molar-refractivity contribution in [3.8, 4) is 0 Å². The van der Waals surface area contributed by atoms with Crippen molar-refractivity contribution in [3.05, 3.63) is 42.0 Å². The Morgan fingerprint density at radius 3 is 2.53 bits per heavy atom. The number of Topliss-reactive ketones (excluding diaryl/α,β-unsaturated/α-hetero) is 2. The lowest BCUT2D eigenvalue weighted by Crippen LogP contribution is -2.62. The lowest BCUT2D eigenvalue weighted by molar-refractivity contribution is -0.165. The second kappa shape index (κ2) is 8.00. The normalized spacial score (nSPS) is 24.8. The summed E-state index contributed by atoms with van der Waals surface area (Å²) in [6.07, 6.45) is 0.428. The Kier molecular flexibility index (Phi) is 5.61. The molecule has 0 amide bonds. The molecule has 4 rings (SSSR count). The standard InChI is InChI=1S/C26H31NO5/c1-16(2)32-15-27-14-26(12-19-18-9-7-6-8-17(18)10-11-20(19)27)21(28)13-25(3,4)22(23(26)29)24(30)31-5/h6-11,16,22H,12-15H2,1-5H3/t22-,26-/m1/s1. The summed E-state index contributed by atoms with van der Waals surface area (Å²) in [6, 6.07) is 12.1. The highest BCUT2D eigenvalue weighted by atomic mass is 16.5. The van der Waals surface area contributed by atoms with Crippen LogP contribution in [-0.2, 0) is 30.3 Å². The van der Waals surface area contributed by atoms with Gasteiger partial charge in [-0.05, 0) is 48.1 Å². The van der Waals surface area contributed by atoms with Crippen LogP contribution in [0.3, 0.4) is 0 Å². The summed E-state index contributed by atoms with van der Waals surface area (Å²) in [7, 11) is 1.29. The van der Waals surface area contributed by atoms with Gasteiger partial charge in [-0.2, -0.15) is 0 Å². The van der Waals surface area contributed by atoms with Gasteiger partial charge in [0, 0.05) is 18.7 Å². The first kappa shape index (κ1) is 22.5. The van der Waals surface area contributed by atoms with E-state index in [9.17, 15) is 14.4 Å². The Morgan fingerprint density at radius 2 is 1.84 bits per heavy atom. The fourth-order valence-electron chi connectivity index (χ4n) is 5.28. The zero-order valence-corrected chi connectivity index (χ0v) is 19.4. The monoisotopic (exact) mass is 437 g/mol. The van der Waals surface area contributed by atoms with Gasteiger partial charge >= 0.3 is 5.97 Å². The van der Waals surface area contributed by atoms with E-state index in [2.05, 4.69) is 6.07 Å². The molecule has 2 atom stereocenters. The smallest absolute Gasteiger partial charge is 0.316 e. The van der Waals surface area contributed by atoms with E-state index in [1.165, 1.54) is 7.11 Å². The number of rotatable bonds is 4. The number of ether oxygens (including phenoxy) is 2. The first-order valence-electron chi connectivity index (χ1n) is 11.1. The third kappa shape index (κ3) is 3.51. The highest BCUT2D eigenvalue weighted by Crippen LogP contribution is 2.50. The third-order valence-electron chi connectivity index (χ3n) is 6.96. The molecule has 170 valence electrons. The van der Waals surface area contributed by atoms with Crippen molar-refractivity contribution in [1.29, 1.82) is 0 Å². The number of ketones is 2. The van der Waals surface area contributed by atoms with Crippen molar-refractivity contribution >= 4 is 34.0 Å². The molecule has 6 heteroatoms. The number of carbonyl (C=O) groups is 3. The number of fused-ring (bicyclic) bond motifs is 3. The van der Waals surface area contributed by atoms with Crippen LogP contribution in [0.1, 0.15) is 39.7 Å². The highest BCUT2D eigenvalue weighted by molar-refractivity contribution is 6.18. The van der Waals surface area contributed by atoms with Crippen molar-refractivity contribution in [1.82, 2.24) is 0 Å². The van der Waals surface area contributed by atoms with Gasteiger partial charge in [-0.3, -0.25) is 14.4 Å². The van der Waals surface area contributed by atoms with E-state index >= 15 is 0 Å². The molecular formula is C26H31NO5. The van der Waals surface area contributed by atoms with E-state index in [1.54, 1.807) is 13.8 Å². The Balaban J connectivity index is 1.88. The summed E-state index contributed by atoms with van der Waals surface area (Å²) in [5, 5.41) is 2.06. The summed E-state index contributed by atoms with van der Waals surface area (Å²) in [6.45, 7) is 7.96. The predicted octanol–water partition coefficient (Wildman–Crippen LogP) is 3.93. The lowest BCUT2D eigenvalue weighted by Gasteiger charge is -2.49. The number of anilines is 1. The van der Waals surface area contributed by atoms with E-state index in [4.69, 9.17) is 9.47 Å². The summed E-state index contributed by atoms with van der Waals surface area (Å²) >= 11 is 0. The molecule has 1 heterocycles. The minimum Gasteiger partial charge on any atom is -0.468 e. The highest BCUT2D eigenvalue weighted by Gasteiger charge is 2.61. The second-order valence-electron chi connectivity index (χ2n) is 9.99. The molecule has 0 bridgehead atoms. The molecule has 0 N–H and O–H groups in total. The fourth-order valence-corrected chi connectivity index (χ4v) is 5.28. The molecule has 2 aromatic rings. The van der Waals surface area contributed by atoms with Crippen LogP contribution in [0.5, 0.6) is 0 Å². The van der Waals surface area contributed by atoms with Gasteiger partial charge in [0.15, 0.2) is 5.78 Å². The van der Waals surface area contributed by atoms with Crippen LogP contribution in [0.25, 0.3) is 10.8 Å². The molecule has 32 heavy (non-hydrogen) atoms. The van der Waals surface area contributed by atoms with Gasteiger partial charge in [-0.25, -0.2) is 0 Å². The van der Waals surface area contributed by atoms with Crippen LogP contribution >= 0.6 is 0 Å². The first-order valence-corrected chi connectivity index (χ1v) is 11.1. The molecule has 2 aliphatic rings. The number of nitrogens with zero attached hydrogens (tertiary/aromatic N) is 1.